The van der Waals surface area contributed by atoms with E-state index in [1.165, 1.54) is 6.92 Å². The van der Waals surface area contributed by atoms with E-state index in [-0.39, 0.29) is 37.2 Å². The Hall–Kier alpha value is -2.12. The molecular formula is C17H22N2O5. The van der Waals surface area contributed by atoms with E-state index in [4.69, 9.17) is 14.2 Å². The Morgan fingerprint density at radius 3 is 2.67 bits per heavy atom. The fourth-order valence-corrected chi connectivity index (χ4v) is 2.90. The lowest BCUT2D eigenvalue weighted by molar-refractivity contribution is -0.121. The Labute approximate surface area is 140 Å². The third-order valence-corrected chi connectivity index (χ3v) is 4.25. The highest BCUT2D eigenvalue weighted by Crippen LogP contribution is 2.37. The summed E-state index contributed by atoms with van der Waals surface area (Å²) >= 11 is 0. The number of hydrogen-bond acceptors (Lipinski definition) is 6. The number of nitrogens with one attached hydrogen (secondary N) is 1. The second-order valence-corrected chi connectivity index (χ2v) is 6.28. The minimum absolute atomic E-state index is 0.104. The first kappa shape index (κ1) is 16.7. The maximum Gasteiger partial charge on any atom is 0.238 e. The summed E-state index contributed by atoms with van der Waals surface area (Å²) in [6.45, 7) is 7.16. The number of Topliss-reactive ketones (excluding diaryl/α,β-unsaturated/α-hetero) is 1. The van der Waals surface area contributed by atoms with Crippen molar-refractivity contribution in [1.82, 2.24) is 4.90 Å². The van der Waals surface area contributed by atoms with Crippen molar-refractivity contribution in [1.29, 1.82) is 0 Å². The van der Waals surface area contributed by atoms with Crippen LogP contribution < -0.4 is 14.8 Å². The molecular weight excluding hydrogens is 312 g/mol. The van der Waals surface area contributed by atoms with Crippen LogP contribution in [0.4, 0.5) is 5.69 Å². The number of anilines is 1. The molecule has 1 saturated heterocycles. The summed E-state index contributed by atoms with van der Waals surface area (Å²) in [5.41, 5.74) is 0.863. The summed E-state index contributed by atoms with van der Waals surface area (Å²) in [4.78, 5) is 26.4. The van der Waals surface area contributed by atoms with Gasteiger partial charge in [0.1, 0.15) is 0 Å². The van der Waals surface area contributed by atoms with Crippen LogP contribution in [0.1, 0.15) is 31.1 Å². The van der Waals surface area contributed by atoms with Crippen molar-refractivity contribution in [2.75, 3.05) is 31.8 Å². The van der Waals surface area contributed by atoms with Crippen molar-refractivity contribution in [3.8, 4) is 11.5 Å². The van der Waals surface area contributed by atoms with Gasteiger partial charge in [0, 0.05) is 24.2 Å². The Balaban J connectivity index is 1.73. The number of fused-ring (bicyclic) bond motifs is 1. The molecule has 2 unspecified atom stereocenters. The van der Waals surface area contributed by atoms with E-state index in [0.717, 1.165) is 0 Å². The Morgan fingerprint density at radius 2 is 1.96 bits per heavy atom. The van der Waals surface area contributed by atoms with Crippen LogP contribution in [0.25, 0.3) is 0 Å². The van der Waals surface area contributed by atoms with Crippen LogP contribution in [-0.4, -0.2) is 55.2 Å². The number of carbonyl (C=O) groups is 2. The van der Waals surface area contributed by atoms with E-state index >= 15 is 0 Å². The molecule has 7 heteroatoms. The fraction of sp³-hybridized carbons (Fsp3) is 0.529. The van der Waals surface area contributed by atoms with E-state index in [1.807, 2.05) is 13.8 Å². The molecule has 1 amide bonds. The topological polar surface area (TPSA) is 77.1 Å². The zero-order chi connectivity index (χ0) is 17.3. The van der Waals surface area contributed by atoms with Crippen molar-refractivity contribution < 1.29 is 23.8 Å². The lowest BCUT2D eigenvalue weighted by Gasteiger charge is -2.36. The Bertz CT molecular complexity index is 661. The number of rotatable bonds is 4. The van der Waals surface area contributed by atoms with Gasteiger partial charge in [0.25, 0.3) is 0 Å². The molecule has 7 nitrogen and oxygen atoms in total. The highest BCUT2D eigenvalue weighted by atomic mass is 16.7. The number of ether oxygens (including phenoxy) is 3. The third-order valence-electron chi connectivity index (χ3n) is 4.25. The molecule has 0 radical (unpaired) electrons. The average molecular weight is 334 g/mol. The van der Waals surface area contributed by atoms with Crippen LogP contribution in [0.5, 0.6) is 11.5 Å². The largest absolute Gasteiger partial charge is 0.454 e. The second-order valence-electron chi connectivity index (χ2n) is 6.28. The van der Waals surface area contributed by atoms with Gasteiger partial charge in [-0.05, 0) is 26.8 Å². The van der Waals surface area contributed by atoms with Gasteiger partial charge in [-0.25, -0.2) is 0 Å². The van der Waals surface area contributed by atoms with E-state index in [0.29, 0.717) is 35.9 Å². The van der Waals surface area contributed by atoms with E-state index in [9.17, 15) is 9.59 Å². The number of morpholine rings is 1. The number of benzene rings is 1. The third kappa shape index (κ3) is 3.52. The van der Waals surface area contributed by atoms with E-state index in [1.54, 1.807) is 12.1 Å². The number of ketones is 1. The smallest absolute Gasteiger partial charge is 0.238 e. The summed E-state index contributed by atoms with van der Waals surface area (Å²) in [6, 6.07) is 3.43. The van der Waals surface area contributed by atoms with Gasteiger partial charge in [-0.15, -0.1) is 0 Å². The van der Waals surface area contributed by atoms with Gasteiger partial charge >= 0.3 is 0 Å². The summed E-state index contributed by atoms with van der Waals surface area (Å²) in [5, 5.41) is 2.83. The summed E-state index contributed by atoms with van der Waals surface area (Å²) < 4.78 is 16.2. The predicted molar refractivity (Wildman–Crippen MR) is 87.6 cm³/mol. The van der Waals surface area contributed by atoms with Gasteiger partial charge in [0.2, 0.25) is 12.7 Å². The maximum atomic E-state index is 12.4. The number of carbonyl (C=O) groups excluding carboxylic acids is 2. The molecule has 1 aromatic rings. The molecule has 1 aromatic carbocycles. The van der Waals surface area contributed by atoms with Crippen molar-refractivity contribution >= 4 is 17.4 Å². The molecule has 130 valence electrons. The van der Waals surface area contributed by atoms with Crippen molar-refractivity contribution in [2.45, 2.75) is 32.9 Å². The van der Waals surface area contributed by atoms with Crippen molar-refractivity contribution in [2.24, 2.45) is 0 Å². The zero-order valence-electron chi connectivity index (χ0n) is 14.1. The van der Waals surface area contributed by atoms with Gasteiger partial charge in [-0.2, -0.15) is 0 Å². The average Bonchev–Trinajstić information content (AvgIpc) is 2.97. The van der Waals surface area contributed by atoms with Crippen molar-refractivity contribution in [3.05, 3.63) is 17.7 Å². The molecule has 0 aliphatic carbocycles. The van der Waals surface area contributed by atoms with Crippen LogP contribution in [0.2, 0.25) is 0 Å². The van der Waals surface area contributed by atoms with E-state index in [2.05, 4.69) is 10.2 Å². The van der Waals surface area contributed by atoms with E-state index < -0.39 is 0 Å². The van der Waals surface area contributed by atoms with Crippen LogP contribution in [0.3, 0.4) is 0 Å². The molecule has 2 atom stereocenters. The molecule has 24 heavy (non-hydrogen) atoms. The maximum absolute atomic E-state index is 12.4. The van der Waals surface area contributed by atoms with Crippen LogP contribution in [0, 0.1) is 0 Å². The molecule has 3 rings (SSSR count). The molecule has 2 aliphatic heterocycles. The molecule has 0 saturated carbocycles. The first-order valence-corrected chi connectivity index (χ1v) is 8.04. The molecule has 0 bridgehead atoms. The predicted octanol–water partition coefficient (Wildman–Crippen LogP) is 1.67. The molecule has 1 fully saturated rings. The molecule has 1 N–H and O–H groups in total. The monoisotopic (exact) mass is 334 g/mol. The molecule has 0 aromatic heterocycles. The van der Waals surface area contributed by atoms with Gasteiger partial charge in [0.15, 0.2) is 17.3 Å². The molecule has 2 aliphatic rings. The lowest BCUT2D eigenvalue weighted by atomic mass is 10.1. The standard InChI is InChI=1S/C17H22N2O5/c1-10-8-22-11(2)6-19(10)7-17(21)18-14-5-16-15(23-9-24-16)4-13(14)12(3)20/h4-5,10-11H,6-9H2,1-3H3,(H,18,21). The summed E-state index contributed by atoms with van der Waals surface area (Å²) in [7, 11) is 0. The zero-order valence-corrected chi connectivity index (χ0v) is 14.1. The van der Waals surface area contributed by atoms with Crippen LogP contribution in [0.15, 0.2) is 12.1 Å². The quantitative estimate of drug-likeness (QED) is 0.844. The number of nitrogens with zero attached hydrogens (tertiary/aromatic N) is 1. The number of amides is 1. The van der Waals surface area contributed by atoms with Crippen LogP contribution in [-0.2, 0) is 9.53 Å². The minimum atomic E-state index is -0.169. The van der Waals surface area contributed by atoms with Gasteiger partial charge in [-0.3, -0.25) is 14.5 Å². The second kappa shape index (κ2) is 6.78. The lowest BCUT2D eigenvalue weighted by Crippen LogP contribution is -2.50. The van der Waals surface area contributed by atoms with Crippen molar-refractivity contribution in [3.63, 3.8) is 0 Å². The fourth-order valence-electron chi connectivity index (χ4n) is 2.90. The summed E-state index contributed by atoms with van der Waals surface area (Å²) in [6.07, 6.45) is 0.104. The SMILES string of the molecule is CC(=O)c1cc2c(cc1NC(=O)CN1CC(C)OCC1C)OCO2. The van der Waals surface area contributed by atoms with Gasteiger partial charge < -0.3 is 19.5 Å². The highest BCUT2D eigenvalue weighted by molar-refractivity contribution is 6.05. The van der Waals surface area contributed by atoms with Gasteiger partial charge in [-0.1, -0.05) is 0 Å². The highest BCUT2D eigenvalue weighted by Gasteiger charge is 2.26. The molecule has 0 spiro atoms. The molecule has 2 heterocycles. The Morgan fingerprint density at radius 1 is 1.25 bits per heavy atom. The minimum Gasteiger partial charge on any atom is -0.454 e. The Kier molecular flexibility index (Phi) is 4.73. The first-order chi connectivity index (χ1) is 11.4. The first-order valence-electron chi connectivity index (χ1n) is 8.04. The van der Waals surface area contributed by atoms with Crippen LogP contribution >= 0.6 is 0 Å². The summed E-state index contributed by atoms with van der Waals surface area (Å²) in [5.74, 6) is 0.742. The normalized spacial score (nSPS) is 23.1. The number of hydrogen-bond donors (Lipinski definition) is 1. The van der Waals surface area contributed by atoms with Gasteiger partial charge in [0.05, 0.1) is 24.9 Å².